The highest BCUT2D eigenvalue weighted by Gasteiger charge is 2.28. The highest BCUT2D eigenvalue weighted by molar-refractivity contribution is 4.72. The molecule has 0 amide bonds. The number of methoxy groups -OCH3 is 1. The van der Waals surface area contributed by atoms with Crippen molar-refractivity contribution < 1.29 is 9.66 Å². The van der Waals surface area contributed by atoms with E-state index in [4.69, 9.17) is 4.74 Å². The molecule has 0 heterocycles. The van der Waals surface area contributed by atoms with Crippen molar-refractivity contribution in [2.45, 2.75) is 32.3 Å². The van der Waals surface area contributed by atoms with Gasteiger partial charge in [0.1, 0.15) is 5.60 Å². The van der Waals surface area contributed by atoms with Gasteiger partial charge in [-0.3, -0.25) is 10.1 Å². The predicted octanol–water partition coefficient (Wildman–Crippen LogP) is 1.47. The summed E-state index contributed by atoms with van der Waals surface area (Å²) >= 11 is 0. The molecule has 0 rings (SSSR count). The number of ether oxygens (including phenoxy) is 1. The largest absolute Gasteiger partial charge is 0.372 e. The molecule has 0 N–H and O–H groups in total. The van der Waals surface area contributed by atoms with Crippen LogP contribution in [0.15, 0.2) is 0 Å². The summed E-state index contributed by atoms with van der Waals surface area (Å²) in [4.78, 5) is 9.84. The maximum atomic E-state index is 10.2. The van der Waals surface area contributed by atoms with E-state index in [0.717, 1.165) is 12.8 Å². The van der Waals surface area contributed by atoms with Crippen molar-refractivity contribution in [1.29, 1.82) is 0 Å². The summed E-state index contributed by atoms with van der Waals surface area (Å²) in [5, 5.41) is 10.2. The van der Waals surface area contributed by atoms with Gasteiger partial charge in [0, 0.05) is 12.0 Å². The number of hydrogen-bond donors (Lipinski definition) is 0. The van der Waals surface area contributed by atoms with E-state index in [0.29, 0.717) is 0 Å². The Kier molecular flexibility index (Phi) is 4.03. The molecule has 11 heavy (non-hydrogen) atoms. The highest BCUT2D eigenvalue weighted by atomic mass is 16.6. The van der Waals surface area contributed by atoms with Gasteiger partial charge in [-0.1, -0.05) is 13.3 Å². The van der Waals surface area contributed by atoms with Crippen LogP contribution in [0.3, 0.4) is 0 Å². The Morgan fingerprint density at radius 1 is 1.64 bits per heavy atom. The first-order chi connectivity index (χ1) is 5.04. The van der Waals surface area contributed by atoms with Crippen LogP contribution in [0.5, 0.6) is 0 Å². The van der Waals surface area contributed by atoms with Gasteiger partial charge in [0.15, 0.2) is 0 Å². The van der Waals surface area contributed by atoms with Crippen molar-refractivity contribution in [3.05, 3.63) is 10.1 Å². The Labute approximate surface area is 66.7 Å². The fourth-order valence-corrected chi connectivity index (χ4v) is 1.05. The first-order valence-electron chi connectivity index (χ1n) is 3.71. The number of hydrogen-bond acceptors (Lipinski definition) is 3. The standard InChI is InChI=1S/C7H15NO3/c1-4-5-7(2,11-3)6-8(9)10/h4-6H2,1-3H3. The third-order valence-corrected chi connectivity index (χ3v) is 1.74. The molecule has 0 aromatic carbocycles. The maximum absolute atomic E-state index is 10.2. The van der Waals surface area contributed by atoms with Gasteiger partial charge in [0.25, 0.3) is 0 Å². The van der Waals surface area contributed by atoms with Gasteiger partial charge in [-0.25, -0.2) is 0 Å². The molecule has 0 aromatic heterocycles. The van der Waals surface area contributed by atoms with Crippen LogP contribution in [0.25, 0.3) is 0 Å². The Morgan fingerprint density at radius 3 is 2.45 bits per heavy atom. The molecule has 0 aliphatic rings. The Balaban J connectivity index is 3.98. The third kappa shape index (κ3) is 3.93. The van der Waals surface area contributed by atoms with E-state index in [1.807, 2.05) is 6.92 Å². The zero-order chi connectivity index (χ0) is 8.91. The molecule has 0 radical (unpaired) electrons. The second-order valence-electron chi connectivity index (χ2n) is 2.89. The molecule has 0 spiro atoms. The second-order valence-corrected chi connectivity index (χ2v) is 2.89. The summed E-state index contributed by atoms with van der Waals surface area (Å²) in [6, 6.07) is 0. The fraction of sp³-hybridized carbons (Fsp3) is 1.00. The summed E-state index contributed by atoms with van der Waals surface area (Å²) in [6.07, 6.45) is 1.63. The first kappa shape index (κ1) is 10.4. The van der Waals surface area contributed by atoms with Crippen LogP contribution >= 0.6 is 0 Å². The number of nitrogens with zero attached hydrogens (tertiary/aromatic N) is 1. The average Bonchev–Trinajstić information content (AvgIpc) is 1.87. The monoisotopic (exact) mass is 161 g/mol. The lowest BCUT2D eigenvalue weighted by Crippen LogP contribution is -2.35. The van der Waals surface area contributed by atoms with Gasteiger partial charge in [-0.2, -0.15) is 0 Å². The van der Waals surface area contributed by atoms with Crippen molar-refractivity contribution in [1.82, 2.24) is 0 Å². The molecule has 4 heteroatoms. The van der Waals surface area contributed by atoms with E-state index in [2.05, 4.69) is 0 Å². The molecule has 0 aromatic rings. The zero-order valence-electron chi connectivity index (χ0n) is 7.29. The van der Waals surface area contributed by atoms with E-state index in [-0.39, 0.29) is 11.5 Å². The topological polar surface area (TPSA) is 52.4 Å². The molecule has 0 aliphatic heterocycles. The summed E-state index contributed by atoms with van der Waals surface area (Å²) in [7, 11) is 1.51. The van der Waals surface area contributed by atoms with Gasteiger partial charge in [-0.05, 0) is 13.3 Å². The lowest BCUT2D eigenvalue weighted by molar-refractivity contribution is -0.500. The lowest BCUT2D eigenvalue weighted by atomic mass is 10.0. The van der Waals surface area contributed by atoms with E-state index < -0.39 is 5.60 Å². The Morgan fingerprint density at radius 2 is 2.18 bits per heavy atom. The smallest absolute Gasteiger partial charge is 0.232 e. The average molecular weight is 161 g/mol. The van der Waals surface area contributed by atoms with Gasteiger partial charge in [0.2, 0.25) is 6.54 Å². The Bertz CT molecular complexity index is 138. The van der Waals surface area contributed by atoms with Crippen molar-refractivity contribution in [3.63, 3.8) is 0 Å². The minimum absolute atomic E-state index is 0.114. The maximum Gasteiger partial charge on any atom is 0.232 e. The molecule has 0 aliphatic carbocycles. The molecular formula is C7H15NO3. The Hall–Kier alpha value is -0.640. The minimum atomic E-state index is -0.585. The second kappa shape index (κ2) is 4.28. The summed E-state index contributed by atoms with van der Waals surface area (Å²) in [6.45, 7) is 3.63. The van der Waals surface area contributed by atoms with Gasteiger partial charge in [0.05, 0.1) is 0 Å². The molecule has 0 bridgehead atoms. The fourth-order valence-electron chi connectivity index (χ4n) is 1.05. The van der Waals surface area contributed by atoms with Crippen molar-refractivity contribution in [3.8, 4) is 0 Å². The molecule has 0 saturated heterocycles. The lowest BCUT2D eigenvalue weighted by Gasteiger charge is -2.22. The molecule has 4 nitrogen and oxygen atoms in total. The molecular weight excluding hydrogens is 146 g/mol. The van der Waals surface area contributed by atoms with E-state index >= 15 is 0 Å². The first-order valence-corrected chi connectivity index (χ1v) is 3.71. The van der Waals surface area contributed by atoms with Gasteiger partial charge >= 0.3 is 0 Å². The summed E-state index contributed by atoms with van der Waals surface area (Å²) in [5.74, 6) is 0. The van der Waals surface area contributed by atoms with Crippen LogP contribution in [0.4, 0.5) is 0 Å². The molecule has 66 valence electrons. The van der Waals surface area contributed by atoms with E-state index in [9.17, 15) is 10.1 Å². The van der Waals surface area contributed by atoms with Crippen LogP contribution in [0, 0.1) is 10.1 Å². The third-order valence-electron chi connectivity index (χ3n) is 1.74. The molecule has 0 fully saturated rings. The van der Waals surface area contributed by atoms with E-state index in [1.165, 1.54) is 7.11 Å². The minimum Gasteiger partial charge on any atom is -0.372 e. The summed E-state index contributed by atoms with van der Waals surface area (Å²) < 4.78 is 5.05. The highest BCUT2D eigenvalue weighted by Crippen LogP contribution is 2.16. The molecule has 0 saturated carbocycles. The predicted molar refractivity (Wildman–Crippen MR) is 42.2 cm³/mol. The van der Waals surface area contributed by atoms with Crippen molar-refractivity contribution in [2.24, 2.45) is 0 Å². The molecule has 1 unspecified atom stereocenters. The normalized spacial score (nSPS) is 15.9. The van der Waals surface area contributed by atoms with Crippen LogP contribution in [0.2, 0.25) is 0 Å². The number of rotatable bonds is 5. The van der Waals surface area contributed by atoms with Crippen LogP contribution in [-0.4, -0.2) is 24.2 Å². The summed E-state index contributed by atoms with van der Waals surface area (Å²) in [5.41, 5.74) is -0.585. The molecule has 1 atom stereocenters. The van der Waals surface area contributed by atoms with Crippen molar-refractivity contribution in [2.75, 3.05) is 13.7 Å². The number of nitro groups is 1. The van der Waals surface area contributed by atoms with Gasteiger partial charge < -0.3 is 4.74 Å². The zero-order valence-corrected chi connectivity index (χ0v) is 7.29. The van der Waals surface area contributed by atoms with Crippen LogP contribution in [-0.2, 0) is 4.74 Å². The van der Waals surface area contributed by atoms with Crippen LogP contribution in [0.1, 0.15) is 26.7 Å². The van der Waals surface area contributed by atoms with Crippen molar-refractivity contribution >= 4 is 0 Å². The SMILES string of the molecule is CCCC(C)(C[N+](=O)[O-])OC. The van der Waals surface area contributed by atoms with Gasteiger partial charge in [-0.15, -0.1) is 0 Å². The van der Waals surface area contributed by atoms with Crippen LogP contribution < -0.4 is 0 Å². The quantitative estimate of drug-likeness (QED) is 0.453. The van der Waals surface area contributed by atoms with E-state index in [1.54, 1.807) is 6.92 Å².